The third kappa shape index (κ3) is 6.20. The van der Waals surface area contributed by atoms with Gasteiger partial charge in [-0.3, -0.25) is 0 Å². The van der Waals surface area contributed by atoms with E-state index in [9.17, 15) is 18.0 Å². The molecule has 4 nitrogen and oxygen atoms in total. The molecule has 1 aromatic carbocycles. The van der Waals surface area contributed by atoms with Crippen molar-refractivity contribution in [1.82, 2.24) is 10.2 Å². The van der Waals surface area contributed by atoms with Crippen LogP contribution in [0.15, 0.2) is 24.3 Å². The van der Waals surface area contributed by atoms with E-state index in [0.29, 0.717) is 13.0 Å². The van der Waals surface area contributed by atoms with E-state index in [1.54, 1.807) is 4.90 Å². The van der Waals surface area contributed by atoms with Gasteiger partial charge in [-0.2, -0.15) is 13.2 Å². The summed E-state index contributed by atoms with van der Waals surface area (Å²) in [7, 11) is 0. The fourth-order valence-corrected chi connectivity index (χ4v) is 2.97. The minimum Gasteiger partial charge on any atom is -0.444 e. The zero-order valence-electron chi connectivity index (χ0n) is 15.5. The van der Waals surface area contributed by atoms with Gasteiger partial charge < -0.3 is 15.0 Å². The molecule has 0 aliphatic carbocycles. The van der Waals surface area contributed by atoms with Crippen molar-refractivity contribution >= 4 is 6.09 Å². The Hall–Kier alpha value is -1.76. The fraction of sp³-hybridized carbons (Fsp3) is 0.632. The molecule has 1 aliphatic heterocycles. The van der Waals surface area contributed by atoms with Crippen LogP contribution in [-0.2, 0) is 17.3 Å². The maximum atomic E-state index is 12.7. The van der Waals surface area contributed by atoms with Gasteiger partial charge in [0.25, 0.3) is 0 Å². The molecule has 0 unspecified atom stereocenters. The molecule has 0 spiro atoms. The van der Waals surface area contributed by atoms with E-state index in [-0.39, 0.29) is 12.1 Å². The zero-order chi connectivity index (χ0) is 19.4. The number of ether oxygens (including phenoxy) is 1. The standard InChI is InChI=1S/C19H27F3N2O2/c1-18(2,3)26-17(25)24(16-8-11-23-12-9-16)13-10-14-4-6-15(7-5-14)19(20,21)22/h4-7,16,23H,8-13H2,1-3H3. The first kappa shape index (κ1) is 20.6. The molecule has 1 N–H and O–H groups in total. The van der Waals surface area contributed by atoms with Gasteiger partial charge in [-0.15, -0.1) is 0 Å². The molecule has 1 aromatic rings. The number of hydrogen-bond acceptors (Lipinski definition) is 3. The molecular formula is C19H27F3N2O2. The number of carbonyl (C=O) groups is 1. The minimum absolute atomic E-state index is 0.0838. The van der Waals surface area contributed by atoms with E-state index in [1.807, 2.05) is 20.8 Å². The summed E-state index contributed by atoms with van der Waals surface area (Å²) >= 11 is 0. The number of nitrogens with zero attached hydrogens (tertiary/aromatic N) is 1. The second-order valence-electron chi connectivity index (χ2n) is 7.60. The Bertz CT molecular complexity index is 588. The molecule has 1 heterocycles. The lowest BCUT2D eigenvalue weighted by atomic mass is 10.0. The lowest BCUT2D eigenvalue weighted by molar-refractivity contribution is -0.137. The molecule has 1 amide bonds. The highest BCUT2D eigenvalue weighted by Gasteiger charge is 2.31. The van der Waals surface area contributed by atoms with Crippen LogP contribution in [-0.4, -0.2) is 42.3 Å². The smallest absolute Gasteiger partial charge is 0.416 e. The van der Waals surface area contributed by atoms with E-state index < -0.39 is 17.3 Å². The monoisotopic (exact) mass is 372 g/mol. The largest absolute Gasteiger partial charge is 0.444 e. The van der Waals surface area contributed by atoms with Gasteiger partial charge in [-0.05, 0) is 70.8 Å². The third-order valence-electron chi connectivity index (χ3n) is 4.30. The molecule has 2 rings (SSSR count). The van der Waals surface area contributed by atoms with Crippen molar-refractivity contribution in [3.63, 3.8) is 0 Å². The summed E-state index contributed by atoms with van der Waals surface area (Å²) in [6.07, 6.45) is -2.54. The molecule has 146 valence electrons. The summed E-state index contributed by atoms with van der Waals surface area (Å²) < 4.78 is 43.5. The van der Waals surface area contributed by atoms with Crippen LogP contribution in [0.1, 0.15) is 44.7 Å². The van der Waals surface area contributed by atoms with Crippen LogP contribution >= 0.6 is 0 Å². The molecule has 0 aromatic heterocycles. The summed E-state index contributed by atoms with van der Waals surface area (Å²) in [5, 5.41) is 3.27. The maximum Gasteiger partial charge on any atom is 0.416 e. The molecule has 0 bridgehead atoms. The van der Waals surface area contributed by atoms with Crippen molar-refractivity contribution in [2.45, 2.75) is 57.9 Å². The van der Waals surface area contributed by atoms with Crippen LogP contribution in [0.25, 0.3) is 0 Å². The van der Waals surface area contributed by atoms with Crippen LogP contribution in [0, 0.1) is 0 Å². The molecule has 26 heavy (non-hydrogen) atoms. The Morgan fingerprint density at radius 2 is 1.73 bits per heavy atom. The van der Waals surface area contributed by atoms with Crippen LogP contribution < -0.4 is 5.32 Å². The lowest BCUT2D eigenvalue weighted by Crippen LogP contribution is -2.48. The minimum atomic E-state index is -4.34. The molecule has 1 fully saturated rings. The summed E-state index contributed by atoms with van der Waals surface area (Å²) in [6.45, 7) is 7.56. The van der Waals surface area contributed by atoms with E-state index in [1.165, 1.54) is 12.1 Å². The van der Waals surface area contributed by atoms with Crippen LogP contribution in [0.3, 0.4) is 0 Å². The van der Waals surface area contributed by atoms with E-state index in [0.717, 1.165) is 43.6 Å². The van der Waals surface area contributed by atoms with Crippen LogP contribution in [0.4, 0.5) is 18.0 Å². The van der Waals surface area contributed by atoms with Crippen LogP contribution in [0.5, 0.6) is 0 Å². The highest BCUT2D eigenvalue weighted by Crippen LogP contribution is 2.29. The molecule has 1 saturated heterocycles. The maximum absolute atomic E-state index is 12.7. The Morgan fingerprint density at radius 3 is 2.23 bits per heavy atom. The molecule has 0 saturated carbocycles. The van der Waals surface area contributed by atoms with Crippen molar-refractivity contribution in [2.24, 2.45) is 0 Å². The zero-order valence-corrected chi connectivity index (χ0v) is 15.5. The Morgan fingerprint density at radius 1 is 1.15 bits per heavy atom. The summed E-state index contributed by atoms with van der Waals surface area (Å²) in [5.74, 6) is 0. The van der Waals surface area contributed by atoms with Gasteiger partial charge in [0.05, 0.1) is 5.56 Å². The number of nitrogens with one attached hydrogen (secondary N) is 1. The average Bonchev–Trinajstić information content (AvgIpc) is 2.54. The van der Waals surface area contributed by atoms with Crippen molar-refractivity contribution in [1.29, 1.82) is 0 Å². The first-order valence-corrected chi connectivity index (χ1v) is 8.93. The number of carbonyl (C=O) groups excluding carboxylic acids is 1. The van der Waals surface area contributed by atoms with Gasteiger partial charge in [0.15, 0.2) is 0 Å². The van der Waals surface area contributed by atoms with E-state index in [4.69, 9.17) is 4.74 Å². The molecule has 7 heteroatoms. The van der Waals surface area contributed by atoms with Crippen molar-refractivity contribution in [3.8, 4) is 0 Å². The third-order valence-corrected chi connectivity index (χ3v) is 4.30. The van der Waals surface area contributed by atoms with Gasteiger partial charge in [0.1, 0.15) is 5.60 Å². The highest BCUT2D eigenvalue weighted by molar-refractivity contribution is 5.68. The average molecular weight is 372 g/mol. The van der Waals surface area contributed by atoms with Gasteiger partial charge in [0.2, 0.25) is 0 Å². The summed E-state index contributed by atoms with van der Waals surface area (Å²) in [6, 6.07) is 5.19. The van der Waals surface area contributed by atoms with Gasteiger partial charge >= 0.3 is 12.3 Å². The van der Waals surface area contributed by atoms with Crippen molar-refractivity contribution in [3.05, 3.63) is 35.4 Å². The van der Waals surface area contributed by atoms with Crippen molar-refractivity contribution < 1.29 is 22.7 Å². The van der Waals surface area contributed by atoms with Gasteiger partial charge in [-0.25, -0.2) is 4.79 Å². The van der Waals surface area contributed by atoms with Crippen LogP contribution in [0.2, 0.25) is 0 Å². The number of hydrogen-bond donors (Lipinski definition) is 1. The predicted molar refractivity (Wildman–Crippen MR) is 94.0 cm³/mol. The number of piperidine rings is 1. The fourth-order valence-electron chi connectivity index (χ4n) is 2.97. The normalized spacial score (nSPS) is 16.4. The number of amides is 1. The number of benzene rings is 1. The topological polar surface area (TPSA) is 41.6 Å². The first-order chi connectivity index (χ1) is 12.1. The van der Waals surface area contributed by atoms with Crippen molar-refractivity contribution in [2.75, 3.05) is 19.6 Å². The van der Waals surface area contributed by atoms with E-state index >= 15 is 0 Å². The quantitative estimate of drug-likeness (QED) is 0.860. The lowest BCUT2D eigenvalue weighted by Gasteiger charge is -2.36. The number of alkyl halides is 3. The molecule has 1 aliphatic rings. The van der Waals surface area contributed by atoms with Gasteiger partial charge in [0, 0.05) is 12.6 Å². The molecule has 0 radical (unpaired) electrons. The number of rotatable bonds is 4. The Balaban J connectivity index is 2.04. The Kier molecular flexibility index (Phi) is 6.55. The summed E-state index contributed by atoms with van der Waals surface area (Å²) in [5.41, 5.74) is -0.486. The molecular weight excluding hydrogens is 345 g/mol. The predicted octanol–water partition coefficient (Wildman–Crippen LogP) is 4.24. The Labute approximate surface area is 152 Å². The molecule has 0 atom stereocenters. The first-order valence-electron chi connectivity index (χ1n) is 8.93. The van der Waals surface area contributed by atoms with E-state index in [2.05, 4.69) is 5.32 Å². The second-order valence-corrected chi connectivity index (χ2v) is 7.60. The van der Waals surface area contributed by atoms with Gasteiger partial charge in [-0.1, -0.05) is 12.1 Å². The number of halogens is 3. The SMILES string of the molecule is CC(C)(C)OC(=O)N(CCc1ccc(C(F)(F)F)cc1)C1CCNCC1. The second kappa shape index (κ2) is 8.29. The summed E-state index contributed by atoms with van der Waals surface area (Å²) in [4.78, 5) is 14.3. The highest BCUT2D eigenvalue weighted by atomic mass is 19.4.